The standard InChI is InChI=1S/C11H9BrCl2N2/c12-9-2-1-7(13)5-8(9)10(14)6-11-15-3-4-16-11/h1-5,10H,6H2,(H,15,16). The number of alkyl halides is 1. The summed E-state index contributed by atoms with van der Waals surface area (Å²) in [6, 6.07) is 5.59. The molecule has 2 rings (SSSR count). The lowest BCUT2D eigenvalue weighted by Gasteiger charge is -2.10. The summed E-state index contributed by atoms with van der Waals surface area (Å²) in [7, 11) is 0. The van der Waals surface area contributed by atoms with Crippen LogP contribution in [0.4, 0.5) is 0 Å². The predicted molar refractivity (Wildman–Crippen MR) is 70.0 cm³/mol. The van der Waals surface area contributed by atoms with E-state index in [1.54, 1.807) is 12.4 Å². The molecule has 1 atom stereocenters. The number of halogens is 3. The van der Waals surface area contributed by atoms with Gasteiger partial charge < -0.3 is 4.98 Å². The van der Waals surface area contributed by atoms with E-state index in [4.69, 9.17) is 23.2 Å². The fraction of sp³-hybridized carbons (Fsp3) is 0.182. The van der Waals surface area contributed by atoms with Crippen LogP contribution in [-0.2, 0) is 6.42 Å². The van der Waals surface area contributed by atoms with Crippen LogP contribution in [0.25, 0.3) is 0 Å². The highest BCUT2D eigenvalue weighted by Crippen LogP contribution is 2.32. The van der Waals surface area contributed by atoms with Crippen LogP contribution in [0.2, 0.25) is 5.02 Å². The van der Waals surface area contributed by atoms with Crippen molar-refractivity contribution in [2.45, 2.75) is 11.8 Å². The number of imidazole rings is 1. The number of benzene rings is 1. The van der Waals surface area contributed by atoms with E-state index in [1.165, 1.54) is 0 Å². The van der Waals surface area contributed by atoms with Gasteiger partial charge in [0.05, 0.1) is 5.38 Å². The van der Waals surface area contributed by atoms with E-state index < -0.39 is 0 Å². The molecule has 84 valence electrons. The van der Waals surface area contributed by atoms with Gasteiger partial charge in [0.1, 0.15) is 5.82 Å². The van der Waals surface area contributed by atoms with Crippen LogP contribution < -0.4 is 0 Å². The van der Waals surface area contributed by atoms with E-state index in [0.717, 1.165) is 15.9 Å². The molecular formula is C11H9BrCl2N2. The van der Waals surface area contributed by atoms with Crippen molar-refractivity contribution in [2.24, 2.45) is 0 Å². The van der Waals surface area contributed by atoms with E-state index in [-0.39, 0.29) is 5.38 Å². The van der Waals surface area contributed by atoms with Crippen molar-refractivity contribution in [1.82, 2.24) is 9.97 Å². The van der Waals surface area contributed by atoms with Gasteiger partial charge in [-0.05, 0) is 23.8 Å². The molecule has 0 spiro atoms. The van der Waals surface area contributed by atoms with Gasteiger partial charge in [-0.3, -0.25) is 0 Å². The lowest BCUT2D eigenvalue weighted by atomic mass is 10.1. The number of hydrogen-bond acceptors (Lipinski definition) is 1. The smallest absolute Gasteiger partial charge is 0.107 e. The molecule has 1 heterocycles. The fourth-order valence-electron chi connectivity index (χ4n) is 1.44. The van der Waals surface area contributed by atoms with Crippen molar-refractivity contribution in [1.29, 1.82) is 0 Å². The van der Waals surface area contributed by atoms with Crippen LogP contribution in [0.3, 0.4) is 0 Å². The first-order valence-electron chi connectivity index (χ1n) is 4.74. The minimum atomic E-state index is -0.153. The summed E-state index contributed by atoms with van der Waals surface area (Å²) in [5, 5.41) is 0.530. The highest BCUT2D eigenvalue weighted by molar-refractivity contribution is 9.10. The van der Waals surface area contributed by atoms with Crippen LogP contribution in [0, 0.1) is 0 Å². The Hall–Kier alpha value is -0.510. The van der Waals surface area contributed by atoms with Crippen LogP contribution in [0.15, 0.2) is 35.1 Å². The molecule has 1 unspecified atom stereocenters. The highest BCUT2D eigenvalue weighted by Gasteiger charge is 2.13. The van der Waals surface area contributed by atoms with Gasteiger partial charge in [-0.25, -0.2) is 4.98 Å². The van der Waals surface area contributed by atoms with Gasteiger partial charge in [0.15, 0.2) is 0 Å². The molecule has 5 heteroatoms. The van der Waals surface area contributed by atoms with Crippen molar-refractivity contribution >= 4 is 39.1 Å². The number of rotatable bonds is 3. The number of aromatic nitrogens is 2. The number of nitrogens with zero attached hydrogens (tertiary/aromatic N) is 1. The third-order valence-corrected chi connectivity index (χ3v) is 3.57. The van der Waals surface area contributed by atoms with Gasteiger partial charge in [-0.2, -0.15) is 0 Å². The first-order chi connectivity index (χ1) is 7.66. The quantitative estimate of drug-likeness (QED) is 0.837. The molecule has 0 amide bonds. The summed E-state index contributed by atoms with van der Waals surface area (Å²) in [4.78, 5) is 7.17. The minimum Gasteiger partial charge on any atom is -0.349 e. The molecule has 0 aliphatic rings. The Morgan fingerprint density at radius 2 is 2.25 bits per heavy atom. The monoisotopic (exact) mass is 318 g/mol. The van der Waals surface area contributed by atoms with Crippen molar-refractivity contribution in [3.05, 3.63) is 51.5 Å². The maximum atomic E-state index is 6.33. The Bertz CT molecular complexity index is 471. The molecular weight excluding hydrogens is 311 g/mol. The summed E-state index contributed by atoms with van der Waals surface area (Å²) >= 11 is 15.7. The molecule has 1 N–H and O–H groups in total. The Kier molecular flexibility index (Phi) is 3.90. The Morgan fingerprint density at radius 3 is 2.94 bits per heavy atom. The summed E-state index contributed by atoms with van der Waals surface area (Å²) in [5.41, 5.74) is 0.977. The van der Waals surface area contributed by atoms with E-state index in [2.05, 4.69) is 25.9 Å². The first kappa shape index (κ1) is 12.0. The van der Waals surface area contributed by atoms with Gasteiger partial charge in [0.25, 0.3) is 0 Å². The van der Waals surface area contributed by atoms with Gasteiger partial charge in [-0.1, -0.05) is 27.5 Å². The SMILES string of the molecule is Clc1ccc(Br)c(C(Cl)Cc2ncc[nH]2)c1. The zero-order valence-electron chi connectivity index (χ0n) is 8.25. The van der Waals surface area contributed by atoms with Crippen LogP contribution in [-0.4, -0.2) is 9.97 Å². The second kappa shape index (κ2) is 5.21. The van der Waals surface area contributed by atoms with Crippen LogP contribution in [0.5, 0.6) is 0 Å². The molecule has 2 nitrogen and oxygen atoms in total. The zero-order chi connectivity index (χ0) is 11.5. The van der Waals surface area contributed by atoms with Gasteiger partial charge in [0, 0.05) is 28.3 Å². The summed E-state index contributed by atoms with van der Waals surface area (Å²) < 4.78 is 0.962. The van der Waals surface area contributed by atoms with Gasteiger partial charge >= 0.3 is 0 Å². The Labute approximate surface area is 112 Å². The van der Waals surface area contributed by atoms with Gasteiger partial charge in [-0.15, -0.1) is 11.6 Å². The maximum absolute atomic E-state index is 6.33. The minimum absolute atomic E-state index is 0.153. The van der Waals surface area contributed by atoms with Crippen LogP contribution in [0.1, 0.15) is 16.8 Å². The van der Waals surface area contributed by atoms with Gasteiger partial charge in [0.2, 0.25) is 0 Å². The average Bonchev–Trinajstić information content (AvgIpc) is 2.74. The summed E-state index contributed by atoms with van der Waals surface area (Å²) in [5.74, 6) is 0.867. The summed E-state index contributed by atoms with van der Waals surface area (Å²) in [6.45, 7) is 0. The molecule has 0 aliphatic heterocycles. The molecule has 2 aromatic rings. The Balaban J connectivity index is 2.20. The van der Waals surface area contributed by atoms with E-state index >= 15 is 0 Å². The van der Waals surface area contributed by atoms with Crippen molar-refractivity contribution in [3.63, 3.8) is 0 Å². The number of nitrogens with one attached hydrogen (secondary N) is 1. The molecule has 0 bridgehead atoms. The normalized spacial score (nSPS) is 12.7. The third-order valence-electron chi connectivity index (χ3n) is 2.22. The Morgan fingerprint density at radius 1 is 1.44 bits per heavy atom. The summed E-state index contributed by atoms with van der Waals surface area (Å²) in [6.07, 6.45) is 4.14. The van der Waals surface area contributed by atoms with Crippen molar-refractivity contribution in [3.8, 4) is 0 Å². The second-order valence-electron chi connectivity index (χ2n) is 3.37. The topological polar surface area (TPSA) is 28.7 Å². The lowest BCUT2D eigenvalue weighted by Crippen LogP contribution is -1.98. The lowest BCUT2D eigenvalue weighted by molar-refractivity contribution is 0.851. The second-order valence-corrected chi connectivity index (χ2v) is 5.19. The molecule has 0 fully saturated rings. The first-order valence-corrected chi connectivity index (χ1v) is 6.35. The largest absolute Gasteiger partial charge is 0.349 e. The molecule has 0 saturated carbocycles. The zero-order valence-corrected chi connectivity index (χ0v) is 11.4. The fourth-order valence-corrected chi connectivity index (χ4v) is 2.61. The van der Waals surface area contributed by atoms with E-state index in [0.29, 0.717) is 11.4 Å². The van der Waals surface area contributed by atoms with Crippen LogP contribution >= 0.6 is 39.1 Å². The molecule has 1 aromatic heterocycles. The van der Waals surface area contributed by atoms with E-state index in [1.807, 2.05) is 18.2 Å². The predicted octanol–water partition coefficient (Wildman–Crippen LogP) is 4.35. The molecule has 0 radical (unpaired) electrons. The van der Waals surface area contributed by atoms with E-state index in [9.17, 15) is 0 Å². The maximum Gasteiger partial charge on any atom is 0.107 e. The molecule has 16 heavy (non-hydrogen) atoms. The highest BCUT2D eigenvalue weighted by atomic mass is 79.9. The number of hydrogen-bond donors (Lipinski definition) is 1. The molecule has 0 aliphatic carbocycles. The number of H-pyrrole nitrogens is 1. The molecule has 0 saturated heterocycles. The average molecular weight is 320 g/mol. The number of aromatic amines is 1. The van der Waals surface area contributed by atoms with Crippen molar-refractivity contribution < 1.29 is 0 Å². The van der Waals surface area contributed by atoms with Crippen molar-refractivity contribution in [2.75, 3.05) is 0 Å². The third kappa shape index (κ3) is 2.78. The molecule has 1 aromatic carbocycles.